The summed E-state index contributed by atoms with van der Waals surface area (Å²) in [5.41, 5.74) is 1.28. The van der Waals surface area contributed by atoms with E-state index >= 15 is 0 Å². The third-order valence-corrected chi connectivity index (χ3v) is 15.7. The van der Waals surface area contributed by atoms with Gasteiger partial charge in [0.05, 0.1) is 20.0 Å². The molecule has 0 aromatic rings. The van der Waals surface area contributed by atoms with Crippen molar-refractivity contribution in [1.82, 2.24) is 0 Å². The second kappa shape index (κ2) is 11.9. The van der Waals surface area contributed by atoms with E-state index in [2.05, 4.69) is 48.1 Å². The highest BCUT2D eigenvalue weighted by molar-refractivity contribution is 5.74. The first-order chi connectivity index (χ1) is 21.3. The first-order valence-electron chi connectivity index (χ1n) is 18.3. The van der Waals surface area contributed by atoms with Crippen LogP contribution in [0, 0.1) is 72.2 Å². The SMILES string of the molecule is C=C(C)C1CC[C@]2(CC[N+](=O)[O-])CC[C@]3(C)C(CCC4[C@@]5(C)CC[C@H](OC(=O)CC(C)(C)CC(=O)OC)C(C)(C)C5CC[C@]43C)C12. The highest BCUT2D eigenvalue weighted by atomic mass is 16.6. The molecule has 5 fully saturated rings. The Hall–Kier alpha value is -1.92. The van der Waals surface area contributed by atoms with E-state index in [0.717, 1.165) is 44.9 Å². The average molecular weight is 642 g/mol. The molecule has 5 unspecified atom stereocenters. The van der Waals surface area contributed by atoms with Crippen molar-refractivity contribution < 1.29 is 24.0 Å². The summed E-state index contributed by atoms with van der Waals surface area (Å²) in [6.07, 6.45) is 12.2. The molecule has 0 heterocycles. The van der Waals surface area contributed by atoms with Crippen LogP contribution in [0.1, 0.15) is 139 Å². The molecule has 0 aliphatic heterocycles. The Labute approximate surface area is 278 Å². The molecule has 7 heteroatoms. The van der Waals surface area contributed by atoms with Crippen molar-refractivity contribution in [3.05, 3.63) is 22.3 Å². The number of rotatable bonds is 9. The maximum absolute atomic E-state index is 13.3. The number of hydrogen-bond acceptors (Lipinski definition) is 6. The van der Waals surface area contributed by atoms with Crippen molar-refractivity contribution in [2.45, 2.75) is 145 Å². The maximum Gasteiger partial charge on any atom is 0.306 e. The number of allylic oxidation sites excluding steroid dienone is 1. The Balaban J connectivity index is 1.37. The molecule has 46 heavy (non-hydrogen) atoms. The van der Waals surface area contributed by atoms with Crippen molar-refractivity contribution in [2.75, 3.05) is 13.7 Å². The summed E-state index contributed by atoms with van der Waals surface area (Å²) in [6.45, 7) is 23.1. The molecular formula is C39H63NO6. The molecule has 10 atom stereocenters. The zero-order valence-electron chi connectivity index (χ0n) is 30.5. The minimum atomic E-state index is -0.512. The van der Waals surface area contributed by atoms with Gasteiger partial charge in [-0.05, 0) is 128 Å². The van der Waals surface area contributed by atoms with E-state index in [4.69, 9.17) is 9.47 Å². The van der Waals surface area contributed by atoms with Crippen LogP contribution in [-0.2, 0) is 19.1 Å². The van der Waals surface area contributed by atoms with Crippen LogP contribution in [0.25, 0.3) is 0 Å². The normalized spacial score (nSPS) is 42.9. The number of nitrogens with zero attached hydrogens (tertiary/aromatic N) is 1. The summed E-state index contributed by atoms with van der Waals surface area (Å²) >= 11 is 0. The summed E-state index contributed by atoms with van der Waals surface area (Å²) in [5, 5.41) is 11.6. The zero-order chi connectivity index (χ0) is 34.1. The second-order valence-electron chi connectivity index (χ2n) is 18.8. The summed E-state index contributed by atoms with van der Waals surface area (Å²) < 4.78 is 11.2. The Morgan fingerprint density at radius 1 is 0.870 bits per heavy atom. The molecular weight excluding hydrogens is 578 g/mol. The lowest BCUT2D eigenvalue weighted by Gasteiger charge is -2.73. The largest absolute Gasteiger partial charge is 0.469 e. The van der Waals surface area contributed by atoms with Crippen molar-refractivity contribution in [3.8, 4) is 0 Å². The summed E-state index contributed by atoms with van der Waals surface area (Å²) in [4.78, 5) is 36.7. The summed E-state index contributed by atoms with van der Waals surface area (Å²) in [6, 6.07) is 0. The Morgan fingerprint density at radius 3 is 2.17 bits per heavy atom. The van der Waals surface area contributed by atoms with Crippen molar-refractivity contribution in [2.24, 2.45) is 62.1 Å². The predicted octanol–water partition coefficient (Wildman–Crippen LogP) is 9.20. The van der Waals surface area contributed by atoms with E-state index in [9.17, 15) is 19.7 Å². The van der Waals surface area contributed by atoms with Gasteiger partial charge in [-0.3, -0.25) is 19.7 Å². The lowest BCUT2D eigenvalue weighted by molar-refractivity contribution is -0.484. The molecule has 5 rings (SSSR count). The van der Waals surface area contributed by atoms with Crippen LogP contribution in [0.5, 0.6) is 0 Å². The van der Waals surface area contributed by atoms with Gasteiger partial charge >= 0.3 is 11.9 Å². The summed E-state index contributed by atoms with van der Waals surface area (Å²) in [5.74, 6) is 2.11. The van der Waals surface area contributed by atoms with Gasteiger partial charge in [0.1, 0.15) is 6.10 Å². The zero-order valence-corrected chi connectivity index (χ0v) is 30.5. The number of methoxy groups -OCH3 is 1. The molecule has 0 amide bonds. The smallest absolute Gasteiger partial charge is 0.306 e. The number of carbonyl (C=O) groups is 2. The number of ether oxygens (including phenoxy) is 2. The van der Waals surface area contributed by atoms with E-state index in [1.54, 1.807) is 0 Å². The van der Waals surface area contributed by atoms with Crippen LogP contribution < -0.4 is 0 Å². The number of hydrogen-bond donors (Lipinski definition) is 0. The fraction of sp³-hybridized carbons (Fsp3) is 0.897. The lowest BCUT2D eigenvalue weighted by Crippen LogP contribution is -2.66. The standard InChI is InChI=1S/C39H63NO6/c1-25(2)26-13-18-39(21-22-40(43)44)20-19-37(8)27(33(26)39)11-12-29-36(7)16-15-30(35(5,6)28(36)14-17-38(29,37)9)46-32(42)24-34(3,4)23-31(41)45-10/h26-30,33H,1,11-24H2,2-10H3/t26?,27?,28?,29?,30-,33?,36-,37+,38+,39+/m0/s1. The van der Waals surface area contributed by atoms with Crippen molar-refractivity contribution in [1.29, 1.82) is 0 Å². The quantitative estimate of drug-likeness (QED) is 0.108. The molecule has 0 radical (unpaired) electrons. The highest BCUT2D eigenvalue weighted by Crippen LogP contribution is 2.78. The monoisotopic (exact) mass is 641 g/mol. The molecule has 0 aromatic heterocycles. The number of esters is 2. The Morgan fingerprint density at radius 2 is 1.54 bits per heavy atom. The number of fused-ring (bicyclic) bond motifs is 7. The third-order valence-electron chi connectivity index (χ3n) is 15.7. The molecule has 0 saturated heterocycles. The average Bonchev–Trinajstić information content (AvgIpc) is 3.33. The predicted molar refractivity (Wildman–Crippen MR) is 180 cm³/mol. The molecule has 0 N–H and O–H groups in total. The fourth-order valence-corrected chi connectivity index (χ4v) is 13.3. The van der Waals surface area contributed by atoms with Gasteiger partial charge in [0.15, 0.2) is 0 Å². The van der Waals surface area contributed by atoms with Crippen molar-refractivity contribution >= 4 is 11.9 Å². The van der Waals surface area contributed by atoms with Gasteiger partial charge in [-0.2, -0.15) is 0 Å². The minimum absolute atomic E-state index is 0.0838. The maximum atomic E-state index is 13.3. The molecule has 0 bridgehead atoms. The molecule has 5 saturated carbocycles. The highest BCUT2D eigenvalue weighted by Gasteiger charge is 2.71. The van der Waals surface area contributed by atoms with Gasteiger partial charge in [0, 0.05) is 16.8 Å². The van der Waals surface area contributed by atoms with Crippen LogP contribution >= 0.6 is 0 Å². The molecule has 5 aliphatic carbocycles. The van der Waals surface area contributed by atoms with Crippen LogP contribution in [0.2, 0.25) is 0 Å². The van der Waals surface area contributed by atoms with E-state index in [-0.39, 0.29) is 69.4 Å². The van der Waals surface area contributed by atoms with Crippen molar-refractivity contribution in [3.63, 3.8) is 0 Å². The van der Waals surface area contributed by atoms with E-state index in [1.165, 1.54) is 38.4 Å². The van der Waals surface area contributed by atoms with E-state index < -0.39 is 5.41 Å². The Kier molecular flexibility index (Phi) is 9.15. The minimum Gasteiger partial charge on any atom is -0.469 e. The van der Waals surface area contributed by atoms with Crippen LogP contribution in [0.15, 0.2) is 12.2 Å². The van der Waals surface area contributed by atoms with Gasteiger partial charge in [-0.1, -0.05) is 60.6 Å². The second-order valence-corrected chi connectivity index (χ2v) is 18.8. The molecule has 5 aliphatic rings. The van der Waals surface area contributed by atoms with Gasteiger partial charge < -0.3 is 9.47 Å². The van der Waals surface area contributed by atoms with Gasteiger partial charge in [0.2, 0.25) is 6.54 Å². The fourth-order valence-electron chi connectivity index (χ4n) is 13.3. The number of carbonyl (C=O) groups excluding carboxylic acids is 2. The first-order valence-corrected chi connectivity index (χ1v) is 18.3. The summed E-state index contributed by atoms with van der Waals surface area (Å²) in [7, 11) is 1.38. The molecule has 7 nitrogen and oxygen atoms in total. The lowest BCUT2D eigenvalue weighted by atomic mass is 9.32. The third kappa shape index (κ3) is 5.55. The van der Waals surface area contributed by atoms with Gasteiger partial charge in [0.25, 0.3) is 0 Å². The van der Waals surface area contributed by atoms with Crippen LogP contribution in [0.3, 0.4) is 0 Å². The van der Waals surface area contributed by atoms with Crippen LogP contribution in [0.4, 0.5) is 0 Å². The first kappa shape index (κ1) is 35.4. The topological polar surface area (TPSA) is 95.7 Å². The van der Waals surface area contributed by atoms with Crippen LogP contribution in [-0.4, -0.2) is 36.6 Å². The van der Waals surface area contributed by atoms with E-state index in [0.29, 0.717) is 29.6 Å². The van der Waals surface area contributed by atoms with Gasteiger partial charge in [-0.15, -0.1) is 0 Å². The number of nitro groups is 1. The van der Waals surface area contributed by atoms with Gasteiger partial charge in [-0.25, -0.2) is 0 Å². The van der Waals surface area contributed by atoms with E-state index in [1.807, 2.05) is 13.8 Å². The Bertz CT molecular complexity index is 1240. The molecule has 260 valence electrons. The molecule has 0 aromatic carbocycles. The molecule has 0 spiro atoms.